The number of carbonyl (C=O) groups is 2. The van der Waals surface area contributed by atoms with Crippen molar-refractivity contribution < 1.29 is 35.9 Å². The van der Waals surface area contributed by atoms with E-state index >= 15 is 0 Å². The van der Waals surface area contributed by atoms with Crippen molar-refractivity contribution in [1.29, 1.82) is 0 Å². The fraction of sp³-hybridized carbons (Fsp3) is 0.125. The van der Waals surface area contributed by atoms with Crippen LogP contribution < -0.4 is 5.32 Å². The van der Waals surface area contributed by atoms with Crippen molar-refractivity contribution in [3.63, 3.8) is 0 Å². The minimum absolute atomic E-state index is 0.00209. The molecule has 0 unspecified atom stereocenters. The SMILES string of the molecule is O=C1Nc2cccc(-c3cc(C(F)(F)F)cc(C(F)(F)F)c3)c2C1=O. The van der Waals surface area contributed by atoms with E-state index in [4.69, 9.17) is 0 Å². The minimum Gasteiger partial charge on any atom is -0.318 e. The van der Waals surface area contributed by atoms with Crippen LogP contribution in [0.1, 0.15) is 21.5 Å². The van der Waals surface area contributed by atoms with Gasteiger partial charge >= 0.3 is 12.4 Å². The summed E-state index contributed by atoms with van der Waals surface area (Å²) < 4.78 is 77.8. The number of alkyl halides is 6. The Kier molecular flexibility index (Phi) is 3.63. The van der Waals surface area contributed by atoms with E-state index in [2.05, 4.69) is 5.32 Å². The van der Waals surface area contributed by atoms with Crippen LogP contribution >= 0.6 is 0 Å². The molecule has 0 bridgehead atoms. The number of ketones is 1. The number of Topliss-reactive ketones (excluding diaryl/α,β-unsaturated/α-hetero) is 1. The lowest BCUT2D eigenvalue weighted by molar-refractivity contribution is -0.143. The summed E-state index contributed by atoms with van der Waals surface area (Å²) in [4.78, 5) is 23.3. The first-order valence-electron chi connectivity index (χ1n) is 6.77. The molecule has 0 spiro atoms. The Morgan fingerprint density at radius 3 is 1.88 bits per heavy atom. The zero-order valence-electron chi connectivity index (χ0n) is 12.0. The topological polar surface area (TPSA) is 46.2 Å². The van der Waals surface area contributed by atoms with Crippen LogP contribution in [-0.4, -0.2) is 11.7 Å². The monoisotopic (exact) mass is 359 g/mol. The van der Waals surface area contributed by atoms with Crippen molar-refractivity contribution in [2.75, 3.05) is 5.32 Å². The molecule has 0 radical (unpaired) electrons. The number of carbonyl (C=O) groups excluding carboxylic acids is 2. The summed E-state index contributed by atoms with van der Waals surface area (Å²) >= 11 is 0. The van der Waals surface area contributed by atoms with Crippen molar-refractivity contribution in [3.05, 3.63) is 53.1 Å². The van der Waals surface area contributed by atoms with Crippen LogP contribution in [0.4, 0.5) is 32.0 Å². The van der Waals surface area contributed by atoms with Crippen LogP contribution in [0.15, 0.2) is 36.4 Å². The standard InChI is InChI=1S/C16H7F6NO2/c17-15(18,19)8-4-7(5-9(6-8)16(20,21)22)10-2-1-3-11-12(10)13(24)14(25)23-11/h1-6H,(H,23,24,25). The lowest BCUT2D eigenvalue weighted by atomic mass is 9.94. The first kappa shape index (κ1) is 17.0. The maximum absolute atomic E-state index is 13.0. The smallest absolute Gasteiger partial charge is 0.318 e. The maximum Gasteiger partial charge on any atom is 0.416 e. The first-order chi connectivity index (χ1) is 11.5. The number of hydrogen-bond donors (Lipinski definition) is 1. The number of anilines is 1. The van der Waals surface area contributed by atoms with Gasteiger partial charge in [-0.2, -0.15) is 26.3 Å². The van der Waals surface area contributed by atoms with Crippen LogP contribution in [0, 0.1) is 0 Å². The molecule has 9 heteroatoms. The summed E-state index contributed by atoms with van der Waals surface area (Å²) in [5, 5.41) is 2.21. The highest BCUT2D eigenvalue weighted by Crippen LogP contribution is 2.41. The molecule has 2 aromatic carbocycles. The number of fused-ring (bicyclic) bond motifs is 1. The molecule has 0 saturated carbocycles. The Bertz CT molecular complexity index is 866. The lowest BCUT2D eigenvalue weighted by Crippen LogP contribution is -2.13. The van der Waals surface area contributed by atoms with E-state index in [0.717, 1.165) is 0 Å². The summed E-state index contributed by atoms with van der Waals surface area (Å²) in [6, 6.07) is 4.87. The Morgan fingerprint density at radius 1 is 0.800 bits per heavy atom. The minimum atomic E-state index is -5.01. The van der Waals surface area contributed by atoms with Gasteiger partial charge in [-0.15, -0.1) is 0 Å². The van der Waals surface area contributed by atoms with Gasteiger partial charge in [-0.3, -0.25) is 9.59 Å². The number of nitrogens with one attached hydrogen (secondary N) is 1. The fourth-order valence-corrected chi connectivity index (χ4v) is 2.54. The third kappa shape index (κ3) is 2.97. The van der Waals surface area contributed by atoms with E-state index < -0.39 is 40.7 Å². The molecule has 3 nitrogen and oxygen atoms in total. The quantitative estimate of drug-likeness (QED) is 0.601. The van der Waals surface area contributed by atoms with Gasteiger partial charge < -0.3 is 5.32 Å². The molecule has 1 N–H and O–H groups in total. The van der Waals surface area contributed by atoms with Crippen molar-refractivity contribution in [2.24, 2.45) is 0 Å². The molecule has 130 valence electrons. The van der Waals surface area contributed by atoms with Gasteiger partial charge in [-0.1, -0.05) is 12.1 Å². The van der Waals surface area contributed by atoms with Crippen molar-refractivity contribution in [1.82, 2.24) is 0 Å². The lowest BCUT2D eigenvalue weighted by Gasteiger charge is -2.15. The van der Waals surface area contributed by atoms with Crippen LogP contribution in [0.2, 0.25) is 0 Å². The number of rotatable bonds is 1. The molecule has 0 aromatic heterocycles. The third-order valence-electron chi connectivity index (χ3n) is 3.64. The summed E-state index contributed by atoms with van der Waals surface area (Å²) in [5.74, 6) is -2.01. The molecule has 0 atom stereocenters. The van der Waals surface area contributed by atoms with Crippen molar-refractivity contribution >= 4 is 17.4 Å². The highest BCUT2D eigenvalue weighted by Gasteiger charge is 2.38. The molecule has 0 fully saturated rings. The second kappa shape index (κ2) is 5.33. The zero-order valence-corrected chi connectivity index (χ0v) is 12.0. The molecule has 0 saturated heterocycles. The van der Waals surface area contributed by atoms with Crippen molar-refractivity contribution in [3.8, 4) is 11.1 Å². The van der Waals surface area contributed by atoms with E-state index in [1.54, 1.807) is 0 Å². The Hall–Kier alpha value is -2.84. The van der Waals surface area contributed by atoms with E-state index in [1.165, 1.54) is 18.2 Å². The number of benzene rings is 2. The predicted octanol–water partition coefficient (Wildman–Crippen LogP) is 4.53. The summed E-state index contributed by atoms with van der Waals surface area (Å²) in [6.45, 7) is 0. The molecule has 1 amide bonds. The Morgan fingerprint density at radius 2 is 1.36 bits per heavy atom. The maximum atomic E-state index is 13.0. The highest BCUT2D eigenvalue weighted by atomic mass is 19.4. The van der Waals surface area contributed by atoms with E-state index in [0.29, 0.717) is 12.1 Å². The van der Waals surface area contributed by atoms with Gasteiger partial charge in [0.1, 0.15) is 0 Å². The largest absolute Gasteiger partial charge is 0.416 e. The second-order valence-electron chi connectivity index (χ2n) is 5.31. The van der Waals surface area contributed by atoms with Gasteiger partial charge in [0.05, 0.1) is 22.4 Å². The normalized spacial score (nSPS) is 14.5. The van der Waals surface area contributed by atoms with Gasteiger partial charge in [0.25, 0.3) is 11.7 Å². The van der Waals surface area contributed by atoms with Gasteiger partial charge in [-0.25, -0.2) is 0 Å². The van der Waals surface area contributed by atoms with Crippen molar-refractivity contribution in [2.45, 2.75) is 12.4 Å². The molecule has 2 aromatic rings. The fourth-order valence-electron chi connectivity index (χ4n) is 2.54. The van der Waals surface area contributed by atoms with Crippen LogP contribution in [-0.2, 0) is 17.1 Å². The average molecular weight is 359 g/mol. The van der Waals surface area contributed by atoms with Gasteiger partial charge in [0.15, 0.2) is 0 Å². The molecular weight excluding hydrogens is 352 g/mol. The third-order valence-corrected chi connectivity index (χ3v) is 3.64. The number of hydrogen-bond acceptors (Lipinski definition) is 2. The number of amides is 1. The predicted molar refractivity (Wildman–Crippen MR) is 74.8 cm³/mol. The van der Waals surface area contributed by atoms with Gasteiger partial charge in [0, 0.05) is 0 Å². The molecule has 1 aliphatic rings. The highest BCUT2D eigenvalue weighted by molar-refractivity contribution is 6.52. The zero-order chi connectivity index (χ0) is 18.6. The van der Waals surface area contributed by atoms with E-state index in [9.17, 15) is 35.9 Å². The molecule has 25 heavy (non-hydrogen) atoms. The molecule has 3 rings (SSSR count). The Labute approximate surface area is 136 Å². The van der Waals surface area contributed by atoms with Crippen LogP contribution in [0.25, 0.3) is 11.1 Å². The molecule has 1 heterocycles. The summed E-state index contributed by atoms with van der Waals surface area (Å²) in [7, 11) is 0. The Balaban J connectivity index is 2.28. The molecule has 0 aliphatic carbocycles. The molecular formula is C16H7F6NO2. The first-order valence-corrected chi connectivity index (χ1v) is 6.77. The molecule has 1 aliphatic heterocycles. The van der Waals surface area contributed by atoms with Gasteiger partial charge in [-0.05, 0) is 35.4 Å². The van der Waals surface area contributed by atoms with E-state index in [-0.39, 0.29) is 22.9 Å². The van der Waals surface area contributed by atoms with Crippen LogP contribution in [0.3, 0.4) is 0 Å². The number of halogens is 6. The average Bonchev–Trinajstić information content (AvgIpc) is 2.80. The van der Waals surface area contributed by atoms with Gasteiger partial charge in [0.2, 0.25) is 0 Å². The summed E-state index contributed by atoms with van der Waals surface area (Å²) in [6.07, 6.45) is -10.0. The summed E-state index contributed by atoms with van der Waals surface area (Å²) in [5.41, 5.74) is -3.85. The second-order valence-corrected chi connectivity index (χ2v) is 5.31. The van der Waals surface area contributed by atoms with E-state index in [1.807, 2.05) is 0 Å². The van der Waals surface area contributed by atoms with Crippen LogP contribution in [0.5, 0.6) is 0 Å².